The molecule has 4 N–H and O–H groups in total. The predicted molar refractivity (Wildman–Crippen MR) is 36.7 cm³/mol. The van der Waals surface area contributed by atoms with E-state index in [4.69, 9.17) is 11.5 Å². The highest BCUT2D eigenvalue weighted by Gasteiger charge is 1.92. The number of rotatable bonds is 5. The van der Waals surface area contributed by atoms with Crippen molar-refractivity contribution in [3.8, 4) is 0 Å². The second-order valence-corrected chi connectivity index (χ2v) is 2.11. The number of nitrogens with two attached hydrogens (primary N) is 2. The molecule has 0 aromatic carbocycles. The SMILES string of the molecule is NC(N)CCCCC=O. The molecule has 0 aromatic heterocycles. The maximum absolute atomic E-state index is 9.79. The van der Waals surface area contributed by atoms with Gasteiger partial charge in [-0.2, -0.15) is 0 Å². The van der Waals surface area contributed by atoms with E-state index in [1.807, 2.05) is 0 Å². The quantitative estimate of drug-likeness (QED) is 0.312. The third-order valence-electron chi connectivity index (χ3n) is 1.11. The highest BCUT2D eigenvalue weighted by atomic mass is 16.1. The Labute approximate surface area is 55.4 Å². The molecule has 0 saturated heterocycles. The fourth-order valence-corrected chi connectivity index (χ4v) is 0.608. The van der Waals surface area contributed by atoms with Crippen LogP contribution in [0.2, 0.25) is 0 Å². The van der Waals surface area contributed by atoms with Crippen LogP contribution in [-0.4, -0.2) is 12.5 Å². The van der Waals surface area contributed by atoms with E-state index in [-0.39, 0.29) is 6.17 Å². The van der Waals surface area contributed by atoms with E-state index in [1.54, 1.807) is 0 Å². The maximum Gasteiger partial charge on any atom is 0.119 e. The normalized spacial score (nSPS) is 10.1. The van der Waals surface area contributed by atoms with Gasteiger partial charge in [-0.25, -0.2) is 0 Å². The monoisotopic (exact) mass is 130 g/mol. The van der Waals surface area contributed by atoms with Gasteiger partial charge in [0, 0.05) is 6.42 Å². The fraction of sp³-hybridized carbons (Fsp3) is 0.833. The van der Waals surface area contributed by atoms with Crippen molar-refractivity contribution in [1.29, 1.82) is 0 Å². The van der Waals surface area contributed by atoms with Crippen LogP contribution in [0.15, 0.2) is 0 Å². The van der Waals surface area contributed by atoms with Crippen LogP contribution in [0.5, 0.6) is 0 Å². The molecule has 0 aliphatic rings. The Bertz CT molecular complexity index is 73.5. The van der Waals surface area contributed by atoms with E-state index in [0.717, 1.165) is 25.5 Å². The van der Waals surface area contributed by atoms with E-state index < -0.39 is 0 Å². The smallest absolute Gasteiger partial charge is 0.119 e. The lowest BCUT2D eigenvalue weighted by Crippen LogP contribution is -2.29. The molecular weight excluding hydrogens is 116 g/mol. The molecule has 0 saturated carbocycles. The lowest BCUT2D eigenvalue weighted by Gasteiger charge is -2.01. The van der Waals surface area contributed by atoms with Gasteiger partial charge >= 0.3 is 0 Å². The summed E-state index contributed by atoms with van der Waals surface area (Å²) < 4.78 is 0. The highest BCUT2D eigenvalue weighted by Crippen LogP contribution is 1.96. The Kier molecular flexibility index (Phi) is 5.46. The Morgan fingerprint density at radius 1 is 1.33 bits per heavy atom. The molecule has 0 fully saturated rings. The molecule has 0 atom stereocenters. The zero-order valence-corrected chi connectivity index (χ0v) is 5.55. The van der Waals surface area contributed by atoms with Crippen LogP contribution in [0.1, 0.15) is 25.7 Å². The Morgan fingerprint density at radius 2 is 2.00 bits per heavy atom. The molecule has 0 spiro atoms. The maximum atomic E-state index is 9.79. The molecule has 0 aliphatic carbocycles. The van der Waals surface area contributed by atoms with Crippen molar-refractivity contribution in [3.63, 3.8) is 0 Å². The second-order valence-electron chi connectivity index (χ2n) is 2.11. The largest absolute Gasteiger partial charge is 0.316 e. The number of aldehydes is 1. The number of hydrogen-bond acceptors (Lipinski definition) is 3. The van der Waals surface area contributed by atoms with E-state index in [0.29, 0.717) is 6.42 Å². The predicted octanol–water partition coefficient (Wildman–Crippen LogP) is -0.0108. The summed E-state index contributed by atoms with van der Waals surface area (Å²) in [5.41, 5.74) is 10.5. The van der Waals surface area contributed by atoms with E-state index in [2.05, 4.69) is 0 Å². The van der Waals surface area contributed by atoms with Crippen LogP contribution < -0.4 is 11.5 Å². The van der Waals surface area contributed by atoms with Crippen molar-refractivity contribution < 1.29 is 4.79 Å². The molecule has 0 heterocycles. The summed E-state index contributed by atoms with van der Waals surface area (Å²) in [5.74, 6) is 0. The van der Waals surface area contributed by atoms with Crippen LogP contribution in [0, 0.1) is 0 Å². The molecule has 9 heavy (non-hydrogen) atoms. The summed E-state index contributed by atoms with van der Waals surface area (Å²) >= 11 is 0. The minimum absolute atomic E-state index is 0.211. The van der Waals surface area contributed by atoms with Gasteiger partial charge in [-0.1, -0.05) is 6.42 Å². The molecule has 0 aliphatic heterocycles. The summed E-state index contributed by atoms with van der Waals surface area (Å²) in [6, 6.07) is 0. The minimum Gasteiger partial charge on any atom is -0.316 e. The van der Waals surface area contributed by atoms with Gasteiger partial charge < -0.3 is 16.3 Å². The van der Waals surface area contributed by atoms with Crippen LogP contribution in [0.25, 0.3) is 0 Å². The standard InChI is InChI=1S/C6H14N2O/c7-6(8)4-2-1-3-5-9/h5-6H,1-4,7-8H2. The first-order chi connectivity index (χ1) is 4.27. The van der Waals surface area contributed by atoms with Crippen LogP contribution in [0.4, 0.5) is 0 Å². The van der Waals surface area contributed by atoms with Crippen LogP contribution >= 0.6 is 0 Å². The third-order valence-corrected chi connectivity index (χ3v) is 1.11. The molecule has 3 nitrogen and oxygen atoms in total. The average Bonchev–Trinajstić information content (AvgIpc) is 1.80. The summed E-state index contributed by atoms with van der Waals surface area (Å²) in [4.78, 5) is 9.79. The van der Waals surface area contributed by atoms with Crippen molar-refractivity contribution in [2.45, 2.75) is 31.8 Å². The molecular formula is C6H14N2O. The summed E-state index contributed by atoms with van der Waals surface area (Å²) in [7, 11) is 0. The van der Waals surface area contributed by atoms with Gasteiger partial charge in [-0.15, -0.1) is 0 Å². The van der Waals surface area contributed by atoms with Crippen molar-refractivity contribution in [3.05, 3.63) is 0 Å². The first kappa shape index (κ1) is 8.59. The number of carbonyl (C=O) groups is 1. The van der Waals surface area contributed by atoms with E-state index in [1.165, 1.54) is 0 Å². The van der Waals surface area contributed by atoms with Gasteiger partial charge in [0.05, 0.1) is 6.17 Å². The summed E-state index contributed by atoms with van der Waals surface area (Å²) in [5, 5.41) is 0. The zero-order valence-electron chi connectivity index (χ0n) is 5.55. The Hall–Kier alpha value is -0.410. The summed E-state index contributed by atoms with van der Waals surface area (Å²) in [6.45, 7) is 0. The van der Waals surface area contributed by atoms with Gasteiger partial charge in [0.15, 0.2) is 0 Å². The molecule has 0 aromatic rings. The zero-order chi connectivity index (χ0) is 7.11. The lowest BCUT2D eigenvalue weighted by molar-refractivity contribution is -0.107. The van der Waals surface area contributed by atoms with Gasteiger partial charge in [-0.05, 0) is 12.8 Å². The van der Waals surface area contributed by atoms with Gasteiger partial charge in [0.2, 0.25) is 0 Å². The number of hydrogen-bond donors (Lipinski definition) is 2. The lowest BCUT2D eigenvalue weighted by atomic mass is 10.2. The first-order valence-electron chi connectivity index (χ1n) is 3.22. The van der Waals surface area contributed by atoms with Gasteiger partial charge in [-0.3, -0.25) is 0 Å². The van der Waals surface area contributed by atoms with Gasteiger partial charge in [0.1, 0.15) is 6.29 Å². The third kappa shape index (κ3) is 7.59. The molecule has 3 heteroatoms. The number of unbranched alkanes of at least 4 members (excludes halogenated alkanes) is 2. The van der Waals surface area contributed by atoms with Crippen LogP contribution in [-0.2, 0) is 4.79 Å². The molecule has 0 amide bonds. The Morgan fingerprint density at radius 3 is 2.44 bits per heavy atom. The fourth-order valence-electron chi connectivity index (χ4n) is 0.608. The van der Waals surface area contributed by atoms with Crippen molar-refractivity contribution >= 4 is 6.29 Å². The molecule has 0 unspecified atom stereocenters. The minimum atomic E-state index is -0.211. The molecule has 0 rings (SSSR count). The van der Waals surface area contributed by atoms with Crippen LogP contribution in [0.3, 0.4) is 0 Å². The molecule has 0 radical (unpaired) electrons. The van der Waals surface area contributed by atoms with E-state index >= 15 is 0 Å². The molecule has 54 valence electrons. The summed E-state index contributed by atoms with van der Waals surface area (Å²) in [6.07, 6.45) is 4.02. The second kappa shape index (κ2) is 5.72. The first-order valence-corrected chi connectivity index (χ1v) is 3.22. The van der Waals surface area contributed by atoms with Crippen molar-refractivity contribution in [1.82, 2.24) is 0 Å². The van der Waals surface area contributed by atoms with Gasteiger partial charge in [0.25, 0.3) is 0 Å². The number of carbonyl (C=O) groups excluding carboxylic acids is 1. The highest BCUT2D eigenvalue weighted by molar-refractivity contribution is 5.48. The average molecular weight is 130 g/mol. The van der Waals surface area contributed by atoms with Crippen molar-refractivity contribution in [2.24, 2.45) is 11.5 Å². The van der Waals surface area contributed by atoms with Crippen molar-refractivity contribution in [2.75, 3.05) is 0 Å². The molecule has 0 bridgehead atoms. The topological polar surface area (TPSA) is 69.1 Å². The van der Waals surface area contributed by atoms with E-state index in [9.17, 15) is 4.79 Å². The Balaban J connectivity index is 2.82.